The first-order valence-corrected chi connectivity index (χ1v) is 13.7. The summed E-state index contributed by atoms with van der Waals surface area (Å²) in [5, 5.41) is 24.4. The summed E-state index contributed by atoms with van der Waals surface area (Å²) in [7, 11) is 0. The van der Waals surface area contributed by atoms with Crippen LogP contribution in [0, 0.1) is 23.4 Å². The second-order valence-electron chi connectivity index (χ2n) is 11.5. The minimum atomic E-state index is -1.53. The van der Waals surface area contributed by atoms with Crippen LogP contribution in [0.2, 0.25) is 0 Å². The van der Waals surface area contributed by atoms with E-state index >= 15 is 0 Å². The Kier molecular flexibility index (Phi) is 9.55. The number of alkyl carbamates (subject to hydrolysis) is 1. The molecule has 1 aliphatic heterocycles. The highest BCUT2D eigenvalue weighted by atomic mass is 19.1. The van der Waals surface area contributed by atoms with Crippen LogP contribution in [0.5, 0.6) is 0 Å². The number of carbonyl (C=O) groups is 2. The minimum absolute atomic E-state index is 0.182. The highest BCUT2D eigenvalue weighted by Crippen LogP contribution is 2.32. The Morgan fingerprint density at radius 2 is 1.81 bits per heavy atom. The molecule has 3 heterocycles. The van der Waals surface area contributed by atoms with E-state index in [2.05, 4.69) is 20.6 Å². The fourth-order valence-electron chi connectivity index (χ4n) is 4.93. The molecule has 13 heteroatoms. The topological polar surface area (TPSA) is 137 Å². The molecule has 0 radical (unpaired) electrons. The number of amides is 2. The molecule has 3 aromatic rings. The quantitative estimate of drug-likeness (QED) is 0.309. The SMILES string of the molecule is CC1CC(NC(=O)OC(C)(C)C)CN(c2ccncc2NC(=O)c2ccc(F)c(-c3c(F)cc(C(O)CO)cc3F)n2)C1. The molecule has 1 aromatic carbocycles. The first kappa shape index (κ1) is 31.7. The van der Waals surface area contributed by atoms with E-state index in [4.69, 9.17) is 9.84 Å². The number of hydrogen-bond donors (Lipinski definition) is 4. The van der Waals surface area contributed by atoms with Gasteiger partial charge in [0, 0.05) is 25.3 Å². The van der Waals surface area contributed by atoms with Crippen molar-refractivity contribution in [3.8, 4) is 11.3 Å². The normalized spacial score (nSPS) is 17.7. The summed E-state index contributed by atoms with van der Waals surface area (Å²) in [4.78, 5) is 35.6. The van der Waals surface area contributed by atoms with Gasteiger partial charge in [0.25, 0.3) is 5.91 Å². The number of piperidine rings is 1. The lowest BCUT2D eigenvalue weighted by Crippen LogP contribution is -2.51. The number of pyridine rings is 2. The van der Waals surface area contributed by atoms with Gasteiger partial charge in [-0.15, -0.1) is 0 Å². The minimum Gasteiger partial charge on any atom is -0.444 e. The molecular formula is C30H34F3N5O5. The lowest BCUT2D eigenvalue weighted by atomic mass is 9.95. The molecule has 230 valence electrons. The molecule has 4 rings (SSSR count). The number of aliphatic hydroxyl groups is 2. The van der Waals surface area contributed by atoms with Crippen molar-refractivity contribution in [3.05, 3.63) is 71.4 Å². The summed E-state index contributed by atoms with van der Waals surface area (Å²) >= 11 is 0. The zero-order chi connectivity index (χ0) is 31.5. The van der Waals surface area contributed by atoms with Crippen LogP contribution in [-0.4, -0.2) is 63.5 Å². The van der Waals surface area contributed by atoms with Gasteiger partial charge in [0.2, 0.25) is 0 Å². The van der Waals surface area contributed by atoms with Gasteiger partial charge in [0.1, 0.15) is 40.5 Å². The van der Waals surface area contributed by atoms with Gasteiger partial charge in [-0.25, -0.2) is 22.9 Å². The zero-order valence-electron chi connectivity index (χ0n) is 24.2. The van der Waals surface area contributed by atoms with Crippen molar-refractivity contribution in [1.82, 2.24) is 15.3 Å². The molecule has 1 saturated heterocycles. The Morgan fingerprint density at radius 1 is 1.12 bits per heavy atom. The molecule has 2 amide bonds. The number of aliphatic hydroxyl groups excluding tert-OH is 2. The Bertz CT molecular complexity index is 1480. The fraction of sp³-hybridized carbons (Fsp3) is 0.400. The van der Waals surface area contributed by atoms with Gasteiger partial charge in [0.15, 0.2) is 0 Å². The molecule has 43 heavy (non-hydrogen) atoms. The van der Waals surface area contributed by atoms with Gasteiger partial charge >= 0.3 is 6.09 Å². The maximum atomic E-state index is 14.8. The van der Waals surface area contributed by atoms with E-state index in [0.717, 1.165) is 30.7 Å². The Morgan fingerprint density at radius 3 is 2.47 bits per heavy atom. The predicted octanol–water partition coefficient (Wildman–Crippen LogP) is 4.58. The van der Waals surface area contributed by atoms with Crippen LogP contribution in [-0.2, 0) is 4.74 Å². The van der Waals surface area contributed by atoms with Gasteiger partial charge in [-0.3, -0.25) is 9.78 Å². The van der Waals surface area contributed by atoms with Crippen molar-refractivity contribution in [2.24, 2.45) is 5.92 Å². The number of anilines is 2. The highest BCUT2D eigenvalue weighted by molar-refractivity contribution is 6.04. The van der Waals surface area contributed by atoms with E-state index in [-0.39, 0.29) is 23.2 Å². The molecule has 3 atom stereocenters. The predicted molar refractivity (Wildman–Crippen MR) is 153 cm³/mol. The van der Waals surface area contributed by atoms with Crippen LogP contribution in [0.3, 0.4) is 0 Å². The number of halogens is 3. The average Bonchev–Trinajstić information content (AvgIpc) is 2.92. The number of nitrogens with one attached hydrogen (secondary N) is 2. The van der Waals surface area contributed by atoms with Crippen LogP contribution < -0.4 is 15.5 Å². The second kappa shape index (κ2) is 13.0. The summed E-state index contributed by atoms with van der Waals surface area (Å²) < 4.78 is 49.8. The molecule has 4 N–H and O–H groups in total. The molecule has 0 aliphatic carbocycles. The number of benzene rings is 1. The first-order chi connectivity index (χ1) is 20.3. The standard InChI is InChI=1S/C30H34F3N5O5/c1-16-9-18(35-29(42)43-30(2,3)4)14-38(13-16)24-7-8-34-12-23(24)37-28(41)22-6-5-19(31)27(36-22)26-20(32)10-17(11-21(26)33)25(40)15-39/h5-8,10-12,16,18,25,39-40H,9,13-15H2,1-4H3,(H,35,42)(H,37,41). The summed E-state index contributed by atoms with van der Waals surface area (Å²) in [5.74, 6) is -4.12. The van der Waals surface area contributed by atoms with Crippen LogP contribution in [0.4, 0.5) is 29.3 Å². The van der Waals surface area contributed by atoms with E-state index in [9.17, 15) is 27.9 Å². The summed E-state index contributed by atoms with van der Waals surface area (Å²) in [6, 6.07) is 4.95. The van der Waals surface area contributed by atoms with Gasteiger partial charge in [-0.2, -0.15) is 0 Å². The van der Waals surface area contributed by atoms with Gasteiger partial charge in [0.05, 0.1) is 29.7 Å². The number of aromatic nitrogens is 2. The van der Waals surface area contributed by atoms with Crippen molar-refractivity contribution in [2.75, 3.05) is 29.9 Å². The van der Waals surface area contributed by atoms with Gasteiger partial charge in [-0.1, -0.05) is 6.92 Å². The second-order valence-corrected chi connectivity index (χ2v) is 11.5. The van der Waals surface area contributed by atoms with E-state index < -0.39 is 59.0 Å². The number of rotatable bonds is 7. The van der Waals surface area contributed by atoms with Gasteiger partial charge in [-0.05, 0) is 69.0 Å². The largest absolute Gasteiger partial charge is 0.444 e. The Labute approximate surface area is 246 Å². The van der Waals surface area contributed by atoms with Crippen LogP contribution in [0.25, 0.3) is 11.3 Å². The lowest BCUT2D eigenvalue weighted by Gasteiger charge is -2.39. The summed E-state index contributed by atoms with van der Waals surface area (Å²) in [6.45, 7) is 7.65. The molecule has 10 nitrogen and oxygen atoms in total. The monoisotopic (exact) mass is 601 g/mol. The smallest absolute Gasteiger partial charge is 0.407 e. The molecule has 0 saturated carbocycles. The Balaban J connectivity index is 1.57. The summed E-state index contributed by atoms with van der Waals surface area (Å²) in [5.41, 5.74) is -1.84. The third-order valence-electron chi connectivity index (χ3n) is 6.71. The number of nitrogens with zero attached hydrogens (tertiary/aromatic N) is 3. The molecule has 1 aliphatic rings. The van der Waals surface area contributed by atoms with Crippen molar-refractivity contribution in [2.45, 2.75) is 51.9 Å². The van der Waals surface area contributed by atoms with Gasteiger partial charge < -0.3 is 30.5 Å². The third-order valence-corrected chi connectivity index (χ3v) is 6.71. The highest BCUT2D eigenvalue weighted by Gasteiger charge is 2.29. The van der Waals surface area contributed by atoms with E-state index in [0.29, 0.717) is 24.5 Å². The average molecular weight is 602 g/mol. The number of ether oxygens (including phenoxy) is 1. The van der Waals surface area contributed by atoms with Crippen molar-refractivity contribution < 1.29 is 37.7 Å². The maximum Gasteiger partial charge on any atom is 0.407 e. The molecule has 2 aromatic heterocycles. The van der Waals surface area contributed by atoms with E-state index in [1.54, 1.807) is 33.0 Å². The van der Waals surface area contributed by atoms with Crippen LogP contribution in [0.15, 0.2) is 42.7 Å². The van der Waals surface area contributed by atoms with Crippen LogP contribution >= 0.6 is 0 Å². The lowest BCUT2D eigenvalue weighted by molar-refractivity contribution is 0.0495. The van der Waals surface area contributed by atoms with Crippen molar-refractivity contribution >= 4 is 23.4 Å². The fourth-order valence-corrected chi connectivity index (χ4v) is 4.93. The first-order valence-electron chi connectivity index (χ1n) is 13.7. The molecule has 1 fully saturated rings. The summed E-state index contributed by atoms with van der Waals surface area (Å²) in [6.07, 6.45) is 1.64. The molecule has 0 spiro atoms. The number of carbonyl (C=O) groups excluding carboxylic acids is 2. The maximum absolute atomic E-state index is 14.8. The molecule has 3 unspecified atom stereocenters. The molecule has 0 bridgehead atoms. The molecular weight excluding hydrogens is 567 g/mol. The van der Waals surface area contributed by atoms with Crippen LogP contribution in [0.1, 0.15) is 56.3 Å². The van der Waals surface area contributed by atoms with E-state index in [1.165, 1.54) is 6.20 Å². The van der Waals surface area contributed by atoms with Crippen molar-refractivity contribution in [1.29, 1.82) is 0 Å². The zero-order valence-corrected chi connectivity index (χ0v) is 24.2. The third kappa shape index (κ3) is 7.79. The number of hydrogen-bond acceptors (Lipinski definition) is 8. The Hall–Kier alpha value is -4.23. The van der Waals surface area contributed by atoms with E-state index in [1.807, 2.05) is 11.8 Å². The van der Waals surface area contributed by atoms with Crippen molar-refractivity contribution in [3.63, 3.8) is 0 Å².